The number of amides is 3. The van der Waals surface area contributed by atoms with Crippen LogP contribution in [-0.2, 0) is 9.53 Å². The summed E-state index contributed by atoms with van der Waals surface area (Å²) < 4.78 is 29.8. The predicted molar refractivity (Wildman–Crippen MR) is 148 cm³/mol. The number of carbonyl (C=O) groups is 3. The summed E-state index contributed by atoms with van der Waals surface area (Å²) in [6, 6.07) is 7.22. The van der Waals surface area contributed by atoms with Crippen LogP contribution < -0.4 is 21.3 Å². The summed E-state index contributed by atoms with van der Waals surface area (Å²) in [5.74, 6) is -2.14. The van der Waals surface area contributed by atoms with Gasteiger partial charge in [0, 0.05) is 24.9 Å². The van der Waals surface area contributed by atoms with E-state index in [4.69, 9.17) is 14.9 Å². The van der Waals surface area contributed by atoms with Crippen LogP contribution in [0.25, 0.3) is 0 Å². The molecule has 2 aromatic heterocycles. The van der Waals surface area contributed by atoms with Crippen molar-refractivity contribution in [2.75, 3.05) is 23.8 Å². The van der Waals surface area contributed by atoms with E-state index in [9.17, 15) is 18.8 Å². The lowest BCUT2D eigenvalue weighted by molar-refractivity contribution is -0.123. The van der Waals surface area contributed by atoms with Crippen LogP contribution in [0.15, 0.2) is 47.1 Å². The number of rotatable bonds is 9. The fraction of sp³-hybridized carbons (Fsp3) is 0.429. The van der Waals surface area contributed by atoms with Gasteiger partial charge in [0.05, 0.1) is 18.1 Å². The first-order chi connectivity index (χ1) is 19.4. The molecular weight excluding hydrogens is 537 g/mol. The number of benzene rings is 1. The van der Waals surface area contributed by atoms with Crippen molar-refractivity contribution >= 4 is 40.6 Å². The van der Waals surface area contributed by atoms with E-state index in [1.54, 1.807) is 12.1 Å². The number of nitrogens with zero attached hydrogens (tertiary/aromatic N) is 2. The van der Waals surface area contributed by atoms with Crippen LogP contribution in [0, 0.1) is 5.82 Å². The Hall–Kier alpha value is -3.77. The van der Waals surface area contributed by atoms with E-state index in [1.807, 2.05) is 0 Å². The average molecular weight is 570 g/mol. The zero-order valence-corrected chi connectivity index (χ0v) is 22.8. The van der Waals surface area contributed by atoms with Crippen LogP contribution in [0.5, 0.6) is 0 Å². The van der Waals surface area contributed by atoms with Crippen LogP contribution in [0.4, 0.5) is 15.8 Å². The molecule has 1 aliphatic carbocycles. The highest BCUT2D eigenvalue weighted by atomic mass is 32.1. The van der Waals surface area contributed by atoms with Gasteiger partial charge in [-0.15, -0.1) is 0 Å². The summed E-state index contributed by atoms with van der Waals surface area (Å²) in [6.07, 6.45) is 7.92. The van der Waals surface area contributed by atoms with Crippen molar-refractivity contribution in [2.24, 2.45) is 0 Å². The van der Waals surface area contributed by atoms with E-state index in [0.717, 1.165) is 67.4 Å². The number of halogens is 1. The third-order valence-corrected chi connectivity index (χ3v) is 8.08. The molecule has 0 unspecified atom stereocenters. The fourth-order valence-corrected chi connectivity index (χ4v) is 5.91. The number of hydrogen-bond acceptors (Lipinski definition) is 8. The monoisotopic (exact) mass is 569 g/mol. The summed E-state index contributed by atoms with van der Waals surface area (Å²) in [7, 11) is 0. The molecule has 12 heteroatoms. The third kappa shape index (κ3) is 6.18. The van der Waals surface area contributed by atoms with Gasteiger partial charge in [0.25, 0.3) is 17.7 Å². The minimum absolute atomic E-state index is 0.0289. The van der Waals surface area contributed by atoms with E-state index >= 15 is 0 Å². The second-order valence-corrected chi connectivity index (χ2v) is 10.8. The van der Waals surface area contributed by atoms with Gasteiger partial charge in [-0.05, 0) is 67.5 Å². The maximum Gasteiger partial charge on any atom is 0.273 e. The summed E-state index contributed by atoms with van der Waals surface area (Å²) in [5.41, 5.74) is 6.29. The summed E-state index contributed by atoms with van der Waals surface area (Å²) >= 11 is 0.759. The largest absolute Gasteiger partial charge is 0.467 e. The number of furan rings is 1. The first-order valence-electron chi connectivity index (χ1n) is 13.5. The summed E-state index contributed by atoms with van der Waals surface area (Å²) in [4.78, 5) is 41.8. The van der Waals surface area contributed by atoms with Crippen LogP contribution in [-0.4, -0.2) is 47.4 Å². The average Bonchev–Trinajstić information content (AvgIpc) is 3.73. The van der Waals surface area contributed by atoms with Crippen molar-refractivity contribution in [2.45, 2.75) is 63.1 Å². The maximum atomic E-state index is 14.4. The van der Waals surface area contributed by atoms with E-state index in [1.165, 1.54) is 24.5 Å². The Morgan fingerprint density at radius 3 is 2.65 bits per heavy atom. The number of nitrogens with one attached hydrogen (secondary N) is 2. The molecule has 1 saturated heterocycles. The number of anilines is 2. The van der Waals surface area contributed by atoms with E-state index in [0.29, 0.717) is 6.61 Å². The molecule has 0 radical (unpaired) electrons. The van der Waals surface area contributed by atoms with Crippen LogP contribution >= 0.6 is 11.5 Å². The Labute approximate surface area is 235 Å². The molecule has 0 bridgehead atoms. The van der Waals surface area contributed by atoms with Crippen molar-refractivity contribution in [1.82, 2.24) is 15.0 Å². The van der Waals surface area contributed by atoms with E-state index in [2.05, 4.69) is 15.0 Å². The SMILES string of the molecule is Nc1c(C(=O)NC2CCCCC2)nsc1C(=O)N(c1cccc(F)c1)[C@@H](C(=O)NC[C@@H]1CCCO1)c1ccco1. The van der Waals surface area contributed by atoms with Gasteiger partial charge in [0.15, 0.2) is 11.7 Å². The Morgan fingerprint density at radius 1 is 1.12 bits per heavy atom. The second kappa shape index (κ2) is 12.6. The molecule has 5 rings (SSSR count). The molecule has 2 aliphatic rings. The van der Waals surface area contributed by atoms with E-state index in [-0.39, 0.29) is 46.4 Å². The zero-order valence-electron chi connectivity index (χ0n) is 21.9. The van der Waals surface area contributed by atoms with Gasteiger partial charge in [-0.25, -0.2) is 4.39 Å². The number of nitrogen functional groups attached to an aromatic ring is 1. The van der Waals surface area contributed by atoms with Gasteiger partial charge in [0.1, 0.15) is 16.5 Å². The summed E-state index contributed by atoms with van der Waals surface area (Å²) in [6.45, 7) is 0.868. The highest BCUT2D eigenvalue weighted by Gasteiger charge is 2.38. The lowest BCUT2D eigenvalue weighted by atomic mass is 9.95. The van der Waals surface area contributed by atoms with Crippen molar-refractivity contribution in [3.05, 3.63) is 64.8 Å². The highest BCUT2D eigenvalue weighted by Crippen LogP contribution is 2.34. The smallest absolute Gasteiger partial charge is 0.273 e. The minimum atomic E-state index is -1.30. The van der Waals surface area contributed by atoms with Gasteiger partial charge in [0.2, 0.25) is 0 Å². The van der Waals surface area contributed by atoms with Gasteiger partial charge in [-0.3, -0.25) is 19.3 Å². The zero-order chi connectivity index (χ0) is 28.1. The fourth-order valence-electron chi connectivity index (χ4n) is 5.17. The number of aromatic nitrogens is 1. The quantitative estimate of drug-likeness (QED) is 0.351. The number of carbonyl (C=O) groups excluding carboxylic acids is 3. The lowest BCUT2D eigenvalue weighted by Gasteiger charge is -2.30. The standard InChI is InChI=1S/C28H32FN5O5S/c29-17-7-4-10-19(15-17)34(24(21-12-6-14-39-21)27(36)31-16-20-11-5-13-38-20)28(37)25-22(30)23(33-40-25)26(35)32-18-8-2-1-3-9-18/h4,6-7,10,12,14-15,18,20,24H,1-3,5,8-9,11,13,16,30H2,(H,31,36)(H,32,35)/t20-,24+/m0/s1. The van der Waals surface area contributed by atoms with E-state index < -0.39 is 29.6 Å². The van der Waals surface area contributed by atoms with Crippen molar-refractivity contribution < 1.29 is 27.9 Å². The molecule has 1 aromatic carbocycles. The van der Waals surface area contributed by atoms with Crippen molar-refractivity contribution in [3.63, 3.8) is 0 Å². The maximum absolute atomic E-state index is 14.4. The van der Waals surface area contributed by atoms with Crippen LogP contribution in [0.1, 0.15) is 76.9 Å². The Morgan fingerprint density at radius 2 is 1.95 bits per heavy atom. The first-order valence-corrected chi connectivity index (χ1v) is 14.3. The minimum Gasteiger partial charge on any atom is -0.467 e. The number of nitrogens with two attached hydrogens (primary N) is 1. The molecule has 2 atom stereocenters. The van der Waals surface area contributed by atoms with Gasteiger partial charge < -0.3 is 25.5 Å². The predicted octanol–water partition coefficient (Wildman–Crippen LogP) is 4.20. The van der Waals surface area contributed by atoms with Gasteiger partial charge >= 0.3 is 0 Å². The molecule has 10 nitrogen and oxygen atoms in total. The Bertz CT molecular complexity index is 1330. The van der Waals surface area contributed by atoms with Gasteiger partial charge in [-0.1, -0.05) is 25.3 Å². The topological polar surface area (TPSA) is 140 Å². The number of hydrogen-bond donors (Lipinski definition) is 3. The molecule has 0 spiro atoms. The Kier molecular flexibility index (Phi) is 8.75. The molecule has 3 aromatic rings. The molecular formula is C28H32FN5O5S. The van der Waals surface area contributed by atoms with Gasteiger partial charge in [-0.2, -0.15) is 4.37 Å². The molecule has 2 fully saturated rings. The molecule has 212 valence electrons. The molecule has 4 N–H and O–H groups in total. The highest BCUT2D eigenvalue weighted by molar-refractivity contribution is 7.09. The Balaban J connectivity index is 1.47. The normalized spacial score (nSPS) is 18.3. The van der Waals surface area contributed by atoms with Crippen molar-refractivity contribution in [1.29, 1.82) is 0 Å². The molecule has 3 amide bonds. The van der Waals surface area contributed by atoms with Crippen LogP contribution in [0.2, 0.25) is 0 Å². The van der Waals surface area contributed by atoms with Crippen LogP contribution in [0.3, 0.4) is 0 Å². The number of ether oxygens (including phenoxy) is 1. The van der Waals surface area contributed by atoms with Crippen molar-refractivity contribution in [3.8, 4) is 0 Å². The lowest BCUT2D eigenvalue weighted by Crippen LogP contribution is -2.45. The molecule has 3 heterocycles. The second-order valence-electron chi connectivity index (χ2n) is 10.0. The third-order valence-electron chi connectivity index (χ3n) is 7.23. The summed E-state index contributed by atoms with van der Waals surface area (Å²) in [5, 5.41) is 5.81. The molecule has 1 saturated carbocycles. The first kappa shape index (κ1) is 27.8. The molecule has 1 aliphatic heterocycles. The molecule has 40 heavy (non-hydrogen) atoms.